The number of benzene rings is 1. The first-order valence-electron chi connectivity index (χ1n) is 7.08. The predicted octanol–water partition coefficient (Wildman–Crippen LogP) is 2.04. The first-order valence-corrected chi connectivity index (χ1v) is 7.08. The molecule has 0 amide bonds. The topological polar surface area (TPSA) is 94.4 Å². The highest BCUT2D eigenvalue weighted by molar-refractivity contribution is 5.26. The van der Waals surface area contributed by atoms with Crippen LogP contribution in [0.2, 0.25) is 0 Å². The number of aromatic hydroxyl groups is 1. The molecule has 3 N–H and O–H groups in total. The summed E-state index contributed by atoms with van der Waals surface area (Å²) in [5.74, 6) is 1.21. The van der Waals surface area contributed by atoms with Crippen molar-refractivity contribution in [2.75, 3.05) is 6.61 Å². The lowest BCUT2D eigenvalue weighted by Gasteiger charge is -2.17. The van der Waals surface area contributed by atoms with E-state index in [1.807, 2.05) is 19.1 Å². The van der Waals surface area contributed by atoms with Crippen molar-refractivity contribution in [1.29, 1.82) is 0 Å². The maximum atomic E-state index is 9.27. The van der Waals surface area contributed by atoms with Gasteiger partial charge in [0.25, 0.3) is 0 Å². The summed E-state index contributed by atoms with van der Waals surface area (Å²) < 4.78 is 11.0. The van der Waals surface area contributed by atoms with Crippen molar-refractivity contribution in [3.05, 3.63) is 41.5 Å². The van der Waals surface area contributed by atoms with E-state index in [4.69, 9.17) is 15.0 Å². The summed E-state index contributed by atoms with van der Waals surface area (Å²) in [6.45, 7) is 2.69. The molecule has 0 radical (unpaired) electrons. The predicted molar refractivity (Wildman–Crippen MR) is 75.6 cm³/mol. The quantitative estimate of drug-likeness (QED) is 0.894. The minimum absolute atomic E-state index is 0.235. The third-order valence-electron chi connectivity index (χ3n) is 3.84. The molecule has 1 unspecified atom stereocenters. The first-order chi connectivity index (χ1) is 10.1. The number of nitrogens with two attached hydrogens (primary N) is 1. The summed E-state index contributed by atoms with van der Waals surface area (Å²) in [5, 5.41) is 13.3. The van der Waals surface area contributed by atoms with Crippen molar-refractivity contribution in [2.45, 2.75) is 37.8 Å². The van der Waals surface area contributed by atoms with Gasteiger partial charge in [-0.05, 0) is 43.9 Å². The molecule has 1 saturated heterocycles. The van der Waals surface area contributed by atoms with Gasteiger partial charge in [-0.3, -0.25) is 0 Å². The summed E-state index contributed by atoms with van der Waals surface area (Å²) in [7, 11) is 0. The van der Waals surface area contributed by atoms with Gasteiger partial charge in [0.05, 0.1) is 6.04 Å². The van der Waals surface area contributed by atoms with E-state index in [0.717, 1.165) is 25.0 Å². The van der Waals surface area contributed by atoms with Crippen LogP contribution in [-0.4, -0.2) is 21.9 Å². The highest BCUT2D eigenvalue weighted by atomic mass is 16.5. The monoisotopic (exact) mass is 289 g/mol. The summed E-state index contributed by atoms with van der Waals surface area (Å²) in [6, 6.07) is 6.55. The normalized spacial score (nSPS) is 23.3. The minimum Gasteiger partial charge on any atom is -0.508 e. The Kier molecular flexibility index (Phi) is 3.65. The third-order valence-corrected chi connectivity index (χ3v) is 3.84. The first kappa shape index (κ1) is 14.0. The molecule has 0 aliphatic carbocycles. The summed E-state index contributed by atoms with van der Waals surface area (Å²) in [4.78, 5) is 4.40. The van der Waals surface area contributed by atoms with Crippen molar-refractivity contribution in [2.24, 2.45) is 5.73 Å². The molecular weight excluding hydrogens is 270 g/mol. The summed E-state index contributed by atoms with van der Waals surface area (Å²) >= 11 is 0. The Morgan fingerprint density at radius 3 is 2.81 bits per heavy atom. The van der Waals surface area contributed by atoms with Crippen LogP contribution in [0.25, 0.3) is 0 Å². The van der Waals surface area contributed by atoms with Gasteiger partial charge in [0.15, 0.2) is 0 Å². The largest absolute Gasteiger partial charge is 0.508 e. The molecule has 21 heavy (non-hydrogen) atoms. The lowest BCUT2D eigenvalue weighted by molar-refractivity contribution is 0.00768. The number of rotatable bonds is 4. The van der Waals surface area contributed by atoms with Crippen molar-refractivity contribution in [3.8, 4) is 5.75 Å². The number of phenolic OH excluding ortho intramolecular Hbond substituents is 1. The molecule has 0 spiro atoms. The van der Waals surface area contributed by atoms with E-state index in [-0.39, 0.29) is 11.8 Å². The lowest BCUT2D eigenvalue weighted by Crippen LogP contribution is -2.22. The Balaban J connectivity index is 1.72. The van der Waals surface area contributed by atoms with Gasteiger partial charge in [-0.1, -0.05) is 17.3 Å². The van der Waals surface area contributed by atoms with Gasteiger partial charge in [-0.25, -0.2) is 0 Å². The van der Waals surface area contributed by atoms with Gasteiger partial charge in [0.1, 0.15) is 11.4 Å². The Morgan fingerprint density at radius 1 is 1.38 bits per heavy atom. The molecule has 0 bridgehead atoms. The maximum Gasteiger partial charge on any atom is 0.244 e. The maximum absolute atomic E-state index is 9.27. The SMILES string of the molecule is CC1(c2noc([C@@H](N)Cc3ccc(O)cc3)n2)CCCO1. The molecule has 2 atom stereocenters. The van der Waals surface area contributed by atoms with Gasteiger partial charge in [0, 0.05) is 6.61 Å². The van der Waals surface area contributed by atoms with Gasteiger partial charge < -0.3 is 20.1 Å². The zero-order valence-electron chi connectivity index (χ0n) is 12.0. The van der Waals surface area contributed by atoms with E-state index in [2.05, 4.69) is 10.1 Å². The molecule has 0 saturated carbocycles. The van der Waals surface area contributed by atoms with Gasteiger partial charge in [0.2, 0.25) is 11.7 Å². The van der Waals surface area contributed by atoms with E-state index >= 15 is 0 Å². The molecule has 1 aromatic carbocycles. The van der Waals surface area contributed by atoms with E-state index in [0.29, 0.717) is 18.1 Å². The van der Waals surface area contributed by atoms with E-state index < -0.39 is 5.60 Å². The van der Waals surface area contributed by atoms with Crippen molar-refractivity contribution in [3.63, 3.8) is 0 Å². The van der Waals surface area contributed by atoms with Crippen LogP contribution in [0.15, 0.2) is 28.8 Å². The minimum atomic E-state index is -0.458. The second-order valence-electron chi connectivity index (χ2n) is 5.62. The molecule has 3 rings (SSSR count). The number of hydrogen-bond donors (Lipinski definition) is 2. The standard InChI is InChI=1S/C15H19N3O3/c1-15(7-2-8-20-15)14-17-13(21-18-14)12(16)9-10-3-5-11(19)6-4-10/h3-6,12,19H,2,7-9,16H2,1H3/t12-,15?/m0/s1. The molecular formula is C15H19N3O3. The fourth-order valence-corrected chi connectivity index (χ4v) is 2.53. The number of phenols is 1. The summed E-state index contributed by atoms with van der Waals surface area (Å²) in [5.41, 5.74) is 6.67. The van der Waals surface area contributed by atoms with Crippen LogP contribution in [0, 0.1) is 0 Å². The molecule has 2 aromatic rings. The molecule has 1 aromatic heterocycles. The van der Waals surface area contributed by atoms with E-state index in [9.17, 15) is 5.11 Å². The van der Waals surface area contributed by atoms with Gasteiger partial charge >= 0.3 is 0 Å². The van der Waals surface area contributed by atoms with E-state index in [1.54, 1.807) is 12.1 Å². The van der Waals surface area contributed by atoms with Crippen LogP contribution >= 0.6 is 0 Å². The molecule has 6 nitrogen and oxygen atoms in total. The van der Waals surface area contributed by atoms with Crippen LogP contribution in [0.3, 0.4) is 0 Å². The lowest BCUT2D eigenvalue weighted by atomic mass is 10.0. The number of ether oxygens (including phenoxy) is 1. The zero-order chi connectivity index (χ0) is 14.9. The number of aromatic nitrogens is 2. The van der Waals surface area contributed by atoms with Crippen LogP contribution in [0.4, 0.5) is 0 Å². The van der Waals surface area contributed by atoms with Gasteiger partial charge in [-0.15, -0.1) is 0 Å². The number of nitrogens with zero attached hydrogens (tertiary/aromatic N) is 2. The van der Waals surface area contributed by atoms with Gasteiger partial charge in [-0.2, -0.15) is 4.98 Å². The Labute approximate surface area is 122 Å². The second kappa shape index (κ2) is 5.46. The molecule has 1 fully saturated rings. The highest BCUT2D eigenvalue weighted by Crippen LogP contribution is 2.34. The van der Waals surface area contributed by atoms with Crippen molar-refractivity contribution in [1.82, 2.24) is 10.1 Å². The van der Waals surface area contributed by atoms with Crippen LogP contribution in [-0.2, 0) is 16.8 Å². The van der Waals surface area contributed by atoms with Crippen LogP contribution in [0.1, 0.15) is 43.1 Å². The van der Waals surface area contributed by atoms with Crippen molar-refractivity contribution < 1.29 is 14.4 Å². The fraction of sp³-hybridized carbons (Fsp3) is 0.467. The number of hydrogen-bond acceptors (Lipinski definition) is 6. The average molecular weight is 289 g/mol. The Bertz CT molecular complexity index is 603. The van der Waals surface area contributed by atoms with Crippen LogP contribution < -0.4 is 5.73 Å². The smallest absolute Gasteiger partial charge is 0.244 e. The summed E-state index contributed by atoms with van der Waals surface area (Å²) in [6.07, 6.45) is 2.46. The second-order valence-corrected chi connectivity index (χ2v) is 5.62. The Hall–Kier alpha value is -1.92. The average Bonchev–Trinajstić information content (AvgIpc) is 3.11. The Morgan fingerprint density at radius 2 is 2.14 bits per heavy atom. The molecule has 1 aliphatic heterocycles. The molecule has 112 valence electrons. The molecule has 1 aliphatic rings. The molecule has 6 heteroatoms. The highest BCUT2D eigenvalue weighted by Gasteiger charge is 2.37. The van der Waals surface area contributed by atoms with Crippen LogP contribution in [0.5, 0.6) is 5.75 Å². The van der Waals surface area contributed by atoms with Crippen molar-refractivity contribution >= 4 is 0 Å². The zero-order valence-corrected chi connectivity index (χ0v) is 12.0. The third kappa shape index (κ3) is 2.91. The van der Waals surface area contributed by atoms with E-state index in [1.165, 1.54) is 0 Å². The fourth-order valence-electron chi connectivity index (χ4n) is 2.53. The molecule has 2 heterocycles.